The summed E-state index contributed by atoms with van der Waals surface area (Å²) in [4.78, 5) is 25.3. The molecule has 1 aliphatic rings. The lowest BCUT2D eigenvalue weighted by Crippen LogP contribution is -2.46. The Morgan fingerprint density at radius 1 is 1.03 bits per heavy atom. The number of urea groups is 1. The van der Waals surface area contributed by atoms with E-state index in [4.69, 9.17) is 19.3 Å². The lowest BCUT2D eigenvalue weighted by Gasteiger charge is -2.29. The van der Waals surface area contributed by atoms with Crippen LogP contribution >= 0.6 is 0 Å². The van der Waals surface area contributed by atoms with Crippen LogP contribution in [0, 0.1) is 0 Å². The van der Waals surface area contributed by atoms with Crippen molar-refractivity contribution in [2.75, 3.05) is 26.6 Å². The molecule has 0 bridgehead atoms. The van der Waals surface area contributed by atoms with E-state index in [0.29, 0.717) is 34.2 Å². The van der Waals surface area contributed by atoms with E-state index in [0.717, 1.165) is 0 Å². The molecule has 0 saturated carbocycles. The molecular formula is C21H24N4O7S. The van der Waals surface area contributed by atoms with E-state index >= 15 is 0 Å². The summed E-state index contributed by atoms with van der Waals surface area (Å²) in [6.45, 7) is 1.60. The van der Waals surface area contributed by atoms with Gasteiger partial charge in [0.05, 0.1) is 37.8 Å². The molecule has 2 aromatic carbocycles. The van der Waals surface area contributed by atoms with Gasteiger partial charge in [-0.15, -0.1) is 0 Å². The average Bonchev–Trinajstić information content (AvgIpc) is 2.77. The van der Waals surface area contributed by atoms with E-state index in [9.17, 15) is 18.0 Å². The maximum absolute atomic E-state index is 13.2. The van der Waals surface area contributed by atoms with Crippen LogP contribution in [0.4, 0.5) is 10.5 Å². The van der Waals surface area contributed by atoms with Gasteiger partial charge in [-0.05, 0) is 48.9 Å². The van der Waals surface area contributed by atoms with Crippen LogP contribution in [-0.2, 0) is 14.8 Å². The van der Waals surface area contributed by atoms with E-state index in [-0.39, 0.29) is 10.5 Å². The first kappa shape index (κ1) is 23.9. The zero-order valence-electron chi connectivity index (χ0n) is 18.4. The number of methoxy groups -OCH3 is 3. The first-order chi connectivity index (χ1) is 15.6. The monoisotopic (exact) mass is 476 g/mol. The number of sulfonamides is 1. The number of allylic oxidation sites excluding steroid dienone is 1. The third-order valence-electron chi connectivity index (χ3n) is 4.97. The zero-order chi connectivity index (χ0) is 24.3. The Morgan fingerprint density at radius 2 is 1.61 bits per heavy atom. The Morgan fingerprint density at radius 3 is 2.09 bits per heavy atom. The smallest absolute Gasteiger partial charge is 0.319 e. The maximum Gasteiger partial charge on any atom is 0.319 e. The quantitative estimate of drug-likeness (QED) is 0.473. The van der Waals surface area contributed by atoms with Gasteiger partial charge < -0.3 is 30.2 Å². The van der Waals surface area contributed by atoms with Gasteiger partial charge in [-0.3, -0.25) is 4.79 Å². The highest BCUT2D eigenvalue weighted by Crippen LogP contribution is 2.41. The largest absolute Gasteiger partial charge is 0.493 e. The number of nitrogens with two attached hydrogens (primary N) is 1. The molecule has 1 heterocycles. The molecule has 0 saturated heterocycles. The van der Waals surface area contributed by atoms with Crippen LogP contribution in [0.15, 0.2) is 52.6 Å². The summed E-state index contributed by atoms with van der Waals surface area (Å²) < 4.78 is 39.0. The van der Waals surface area contributed by atoms with Crippen LogP contribution in [0.3, 0.4) is 0 Å². The van der Waals surface area contributed by atoms with Gasteiger partial charge >= 0.3 is 6.03 Å². The van der Waals surface area contributed by atoms with Gasteiger partial charge in [-0.1, -0.05) is 0 Å². The lowest BCUT2D eigenvalue weighted by molar-refractivity contribution is -0.113. The molecule has 1 unspecified atom stereocenters. The van der Waals surface area contributed by atoms with Crippen LogP contribution < -0.4 is 35.3 Å². The Kier molecular flexibility index (Phi) is 6.79. The standard InChI is InChI=1S/C21H24N4O7S/c1-11-17(20(26)24-13-5-7-14(8-6-13)33(22,28)29)18(25-21(27)23-11)12-9-15(30-2)19(32-4)16(10-12)31-3/h5-10,18H,1-4H3,(H,24,26)(H2,22,28,29)(H2,23,25,27). The summed E-state index contributed by atoms with van der Waals surface area (Å²) >= 11 is 0. The molecule has 1 aliphatic heterocycles. The van der Waals surface area contributed by atoms with Gasteiger partial charge in [0.1, 0.15) is 0 Å². The van der Waals surface area contributed by atoms with Crippen LogP contribution in [0.25, 0.3) is 0 Å². The van der Waals surface area contributed by atoms with Gasteiger partial charge in [0, 0.05) is 11.4 Å². The number of hydrogen-bond donors (Lipinski definition) is 4. The molecule has 2 aromatic rings. The summed E-state index contributed by atoms with van der Waals surface area (Å²) in [6, 6.07) is 7.34. The zero-order valence-corrected chi connectivity index (χ0v) is 19.2. The van der Waals surface area contributed by atoms with Crippen molar-refractivity contribution < 1.29 is 32.2 Å². The van der Waals surface area contributed by atoms with Crippen LogP contribution in [0.1, 0.15) is 18.5 Å². The Labute approximate surface area is 190 Å². The number of benzene rings is 2. The fourth-order valence-corrected chi connectivity index (χ4v) is 3.95. The molecule has 0 spiro atoms. The van der Waals surface area contributed by atoms with Crippen molar-refractivity contribution in [3.63, 3.8) is 0 Å². The third-order valence-corrected chi connectivity index (χ3v) is 5.90. The number of amides is 3. The molecule has 12 heteroatoms. The second-order valence-corrected chi connectivity index (χ2v) is 8.61. The minimum atomic E-state index is -3.86. The predicted molar refractivity (Wildman–Crippen MR) is 120 cm³/mol. The van der Waals surface area contributed by atoms with Crippen molar-refractivity contribution in [1.82, 2.24) is 10.6 Å². The van der Waals surface area contributed by atoms with Crippen molar-refractivity contribution in [2.24, 2.45) is 5.14 Å². The fraction of sp³-hybridized carbons (Fsp3) is 0.238. The first-order valence-corrected chi connectivity index (χ1v) is 11.2. The van der Waals surface area contributed by atoms with Gasteiger partial charge in [-0.25, -0.2) is 18.4 Å². The summed E-state index contributed by atoms with van der Waals surface area (Å²) in [5.41, 5.74) is 1.44. The highest BCUT2D eigenvalue weighted by atomic mass is 32.2. The van der Waals surface area contributed by atoms with E-state index in [1.165, 1.54) is 45.6 Å². The van der Waals surface area contributed by atoms with Gasteiger partial charge in [0.15, 0.2) is 11.5 Å². The van der Waals surface area contributed by atoms with Gasteiger partial charge in [0.25, 0.3) is 5.91 Å². The molecule has 176 valence electrons. The molecule has 0 radical (unpaired) electrons. The normalized spacial score (nSPS) is 15.9. The molecule has 33 heavy (non-hydrogen) atoms. The van der Waals surface area contributed by atoms with E-state index in [2.05, 4.69) is 16.0 Å². The van der Waals surface area contributed by atoms with E-state index in [1.807, 2.05) is 0 Å². The number of rotatable bonds is 7. The van der Waals surface area contributed by atoms with Crippen LogP contribution in [0.5, 0.6) is 17.2 Å². The third kappa shape index (κ3) is 5.02. The second kappa shape index (κ2) is 9.38. The minimum absolute atomic E-state index is 0.0854. The van der Waals surface area contributed by atoms with Crippen molar-refractivity contribution in [3.8, 4) is 17.2 Å². The van der Waals surface area contributed by atoms with Crippen LogP contribution in [-0.4, -0.2) is 41.7 Å². The average molecular weight is 477 g/mol. The second-order valence-electron chi connectivity index (χ2n) is 7.05. The number of anilines is 1. The number of primary sulfonamides is 1. The van der Waals surface area contributed by atoms with Crippen molar-refractivity contribution in [2.45, 2.75) is 17.9 Å². The van der Waals surface area contributed by atoms with E-state index in [1.54, 1.807) is 19.1 Å². The summed E-state index contributed by atoms with van der Waals surface area (Å²) in [7, 11) is 0.529. The molecule has 0 aromatic heterocycles. The highest BCUT2D eigenvalue weighted by molar-refractivity contribution is 7.89. The first-order valence-electron chi connectivity index (χ1n) is 9.61. The van der Waals surface area contributed by atoms with Crippen molar-refractivity contribution in [1.29, 1.82) is 0 Å². The molecule has 0 fully saturated rings. The minimum Gasteiger partial charge on any atom is -0.493 e. The maximum atomic E-state index is 13.2. The van der Waals surface area contributed by atoms with Crippen molar-refractivity contribution >= 4 is 27.6 Å². The topological polar surface area (TPSA) is 158 Å². The summed E-state index contributed by atoms with van der Waals surface area (Å²) in [6.07, 6.45) is 0. The van der Waals surface area contributed by atoms with Crippen LogP contribution in [0.2, 0.25) is 0 Å². The summed E-state index contributed by atoms with van der Waals surface area (Å²) in [5.74, 6) is 0.569. The number of nitrogens with one attached hydrogen (secondary N) is 3. The molecule has 1 atom stereocenters. The Balaban J connectivity index is 2.00. The van der Waals surface area contributed by atoms with Gasteiger partial charge in [0.2, 0.25) is 15.8 Å². The van der Waals surface area contributed by atoms with E-state index < -0.39 is 28.0 Å². The molecular weight excluding hydrogens is 452 g/mol. The molecule has 11 nitrogen and oxygen atoms in total. The predicted octanol–water partition coefficient (Wildman–Crippen LogP) is 1.63. The number of carbonyl (C=O) groups excluding carboxylic acids is 2. The Hall–Kier alpha value is -3.77. The highest BCUT2D eigenvalue weighted by Gasteiger charge is 2.32. The fourth-order valence-electron chi connectivity index (χ4n) is 3.44. The number of ether oxygens (including phenoxy) is 3. The molecule has 3 amide bonds. The number of carbonyl (C=O) groups is 2. The molecule has 3 rings (SSSR count). The SMILES string of the molecule is COc1cc(C2NC(=O)NC(C)=C2C(=O)Nc2ccc(S(N)(=O)=O)cc2)cc(OC)c1OC. The number of hydrogen-bond acceptors (Lipinski definition) is 7. The Bertz CT molecular complexity index is 1200. The molecule has 5 N–H and O–H groups in total. The lowest BCUT2D eigenvalue weighted by atomic mass is 9.94. The summed E-state index contributed by atoms with van der Waals surface area (Å²) in [5, 5.41) is 13.1. The van der Waals surface area contributed by atoms with Gasteiger partial charge in [-0.2, -0.15) is 0 Å². The van der Waals surface area contributed by atoms with Crippen molar-refractivity contribution in [3.05, 3.63) is 53.2 Å². The molecule has 0 aliphatic carbocycles.